The molecular weight excluding hydrogens is 394 g/mol. The van der Waals surface area contributed by atoms with Gasteiger partial charge in [-0.05, 0) is 37.9 Å². The minimum atomic E-state index is -0.514. The maximum absolute atomic E-state index is 11.6. The van der Waals surface area contributed by atoms with Crippen LogP contribution < -0.4 is 11.4 Å². The van der Waals surface area contributed by atoms with Crippen LogP contribution in [0.5, 0.6) is 0 Å². The molecule has 2 heterocycles. The Kier molecular flexibility index (Phi) is 4.45. The van der Waals surface area contributed by atoms with Crippen molar-refractivity contribution in [3.05, 3.63) is 34.7 Å². The zero-order chi connectivity index (χ0) is 12.4. The van der Waals surface area contributed by atoms with E-state index >= 15 is 0 Å². The number of allylic oxidation sites excluding steroid dienone is 2. The Hall–Kier alpha value is -0.120. The lowest BCUT2D eigenvalue weighted by Crippen LogP contribution is -2.17. The van der Waals surface area contributed by atoms with Crippen LogP contribution in [0.15, 0.2) is 23.3 Å². The summed E-state index contributed by atoms with van der Waals surface area (Å²) in [5, 5.41) is 2.45. The fourth-order valence-electron chi connectivity index (χ4n) is 1.28. The second-order valence-electron chi connectivity index (χ2n) is 3.01. The molecule has 1 aromatic heterocycles. The van der Waals surface area contributed by atoms with E-state index in [0.29, 0.717) is 9.09 Å². The fourth-order valence-corrected chi connectivity index (χ4v) is 4.18. The maximum atomic E-state index is 11.6. The highest BCUT2D eigenvalue weighted by Gasteiger charge is 2.16. The quantitative estimate of drug-likeness (QED) is 0.797. The van der Waals surface area contributed by atoms with Crippen LogP contribution in [0.1, 0.15) is 0 Å². The molecule has 0 saturated carbocycles. The van der Waals surface area contributed by atoms with Gasteiger partial charge in [-0.2, -0.15) is 4.68 Å². The smallest absolute Gasteiger partial charge is 0.256 e. The van der Waals surface area contributed by atoms with Crippen molar-refractivity contribution in [1.29, 1.82) is 0 Å². The molecule has 0 bridgehead atoms. The Morgan fingerprint density at radius 3 is 2.41 bits per heavy atom. The van der Waals surface area contributed by atoms with Crippen LogP contribution >= 0.6 is 55.4 Å². The molecule has 1 aliphatic heterocycles. The third-order valence-electron chi connectivity index (χ3n) is 1.88. The van der Waals surface area contributed by atoms with Crippen LogP contribution in [0.25, 0.3) is 5.70 Å². The first kappa shape index (κ1) is 13.3. The highest BCUT2D eigenvalue weighted by Crippen LogP contribution is 2.40. The number of aromatic nitrogens is 3. The summed E-state index contributed by atoms with van der Waals surface area (Å²) in [6.45, 7) is 0. The van der Waals surface area contributed by atoms with Gasteiger partial charge in [0.2, 0.25) is 0 Å². The van der Waals surface area contributed by atoms with E-state index in [2.05, 4.69) is 41.9 Å². The zero-order valence-electron chi connectivity index (χ0n) is 8.33. The van der Waals surface area contributed by atoms with Crippen molar-refractivity contribution in [2.45, 2.75) is 0 Å². The number of nitrogens with one attached hydrogen (secondary N) is 2. The van der Waals surface area contributed by atoms with E-state index in [-0.39, 0.29) is 0 Å². The summed E-state index contributed by atoms with van der Waals surface area (Å²) in [5.74, 6) is 2.00. The molecular formula is C8H7Br2N3O2S2. The first-order valence-corrected chi connectivity index (χ1v) is 8.08. The van der Waals surface area contributed by atoms with E-state index in [4.69, 9.17) is 0 Å². The number of nitrogens with zero attached hydrogens (tertiary/aromatic N) is 1. The number of aromatic amines is 2. The van der Waals surface area contributed by atoms with Crippen LogP contribution in [0.4, 0.5) is 0 Å². The molecule has 92 valence electrons. The molecule has 5 nitrogen and oxygen atoms in total. The van der Waals surface area contributed by atoms with E-state index in [0.717, 1.165) is 15.7 Å². The molecule has 0 amide bonds. The molecule has 0 aromatic carbocycles. The molecule has 1 saturated heterocycles. The molecule has 2 rings (SSSR count). The Labute approximate surface area is 121 Å². The second kappa shape index (κ2) is 5.68. The highest BCUT2D eigenvalue weighted by molar-refractivity contribution is 9.28. The molecule has 9 heteroatoms. The number of hydrogen-bond donors (Lipinski definition) is 2. The number of hydrogen-bond acceptors (Lipinski definition) is 4. The van der Waals surface area contributed by atoms with Crippen molar-refractivity contribution in [2.75, 3.05) is 11.5 Å². The van der Waals surface area contributed by atoms with Gasteiger partial charge in [0.05, 0.1) is 13.3 Å². The van der Waals surface area contributed by atoms with Gasteiger partial charge in [0.1, 0.15) is 0 Å². The van der Waals surface area contributed by atoms with E-state index < -0.39 is 11.4 Å². The monoisotopic (exact) mass is 399 g/mol. The van der Waals surface area contributed by atoms with Crippen molar-refractivity contribution in [1.82, 2.24) is 14.8 Å². The average molecular weight is 401 g/mol. The van der Waals surface area contributed by atoms with Crippen molar-refractivity contribution < 1.29 is 0 Å². The van der Waals surface area contributed by atoms with Crippen LogP contribution in [-0.4, -0.2) is 26.3 Å². The third kappa shape index (κ3) is 3.21. The molecule has 1 aromatic rings. The molecule has 2 N–H and O–H groups in total. The molecule has 0 aliphatic carbocycles. The van der Waals surface area contributed by atoms with Gasteiger partial charge in [0, 0.05) is 11.5 Å². The van der Waals surface area contributed by atoms with Gasteiger partial charge in [-0.15, -0.1) is 23.5 Å². The topological polar surface area (TPSA) is 70.7 Å². The van der Waals surface area contributed by atoms with Crippen LogP contribution in [0.2, 0.25) is 0 Å². The third-order valence-corrected chi connectivity index (χ3v) is 5.06. The predicted molar refractivity (Wildman–Crippen MR) is 79.7 cm³/mol. The number of halogens is 2. The zero-order valence-corrected chi connectivity index (χ0v) is 13.1. The fraction of sp³-hybridized carbons (Fsp3) is 0.250. The number of H-pyrrole nitrogens is 2. The van der Waals surface area contributed by atoms with Gasteiger partial charge >= 0.3 is 11.4 Å². The molecule has 17 heavy (non-hydrogen) atoms. The number of thioether (sulfide) groups is 2. The Morgan fingerprint density at radius 1 is 1.29 bits per heavy atom. The summed E-state index contributed by atoms with van der Waals surface area (Å²) in [6.07, 6.45) is 1.74. The minimum Gasteiger partial charge on any atom is -0.256 e. The van der Waals surface area contributed by atoms with Crippen molar-refractivity contribution in [3.8, 4) is 0 Å². The summed E-state index contributed by atoms with van der Waals surface area (Å²) in [7, 11) is 0. The van der Waals surface area contributed by atoms with E-state index in [1.165, 1.54) is 4.68 Å². The molecule has 0 spiro atoms. The molecule has 1 fully saturated rings. The van der Waals surface area contributed by atoms with E-state index in [9.17, 15) is 9.59 Å². The summed E-state index contributed by atoms with van der Waals surface area (Å²) < 4.78 is 2.93. The normalized spacial score (nSPS) is 15.1. The molecule has 0 unspecified atom stereocenters. The lowest BCUT2D eigenvalue weighted by Gasteiger charge is -2.05. The summed E-state index contributed by atoms with van der Waals surface area (Å²) in [4.78, 5) is 24.9. The maximum Gasteiger partial charge on any atom is 0.349 e. The molecule has 1 aliphatic rings. The van der Waals surface area contributed by atoms with E-state index in [1.54, 1.807) is 29.6 Å². The van der Waals surface area contributed by atoms with Gasteiger partial charge < -0.3 is 0 Å². The van der Waals surface area contributed by atoms with Crippen molar-refractivity contribution in [2.24, 2.45) is 0 Å². The summed E-state index contributed by atoms with van der Waals surface area (Å²) in [5.41, 5.74) is -0.326. The second-order valence-corrected chi connectivity index (χ2v) is 8.25. The van der Waals surface area contributed by atoms with Gasteiger partial charge in [-0.25, -0.2) is 14.7 Å². The average Bonchev–Trinajstić information content (AvgIpc) is 2.84. The molecule has 0 radical (unpaired) electrons. The predicted octanol–water partition coefficient (Wildman–Crippen LogP) is 2.10. The number of rotatable bonds is 2. The standard InChI is InChI=1S/C8H7Br2N3O2S2/c9-5(10)3-4(6-16-1-2-17-6)13-8(15)11-7(14)12-13/h3H,1-2H2,(H2,11,12,14,15). The Morgan fingerprint density at radius 2 is 1.94 bits per heavy atom. The highest BCUT2D eigenvalue weighted by atomic mass is 79.9. The Balaban J connectivity index is 2.59. The van der Waals surface area contributed by atoms with Gasteiger partial charge in [0.25, 0.3) is 0 Å². The molecule has 0 atom stereocenters. The van der Waals surface area contributed by atoms with E-state index in [1.807, 2.05) is 0 Å². The largest absolute Gasteiger partial charge is 0.349 e. The summed E-state index contributed by atoms with van der Waals surface area (Å²) in [6, 6.07) is 0. The lowest BCUT2D eigenvalue weighted by atomic mass is 10.5. The van der Waals surface area contributed by atoms with Crippen LogP contribution in [-0.2, 0) is 0 Å². The SMILES string of the molecule is O=c1[nH]c(=O)n(C(C=C(Br)Br)=C2SCCS2)[nH]1. The van der Waals surface area contributed by atoms with Crippen LogP contribution in [0, 0.1) is 0 Å². The van der Waals surface area contributed by atoms with Crippen LogP contribution in [0.3, 0.4) is 0 Å². The van der Waals surface area contributed by atoms with Gasteiger partial charge in [0.15, 0.2) is 0 Å². The first-order chi connectivity index (χ1) is 8.08. The summed E-state index contributed by atoms with van der Waals surface area (Å²) >= 11 is 9.85. The lowest BCUT2D eigenvalue weighted by molar-refractivity contribution is 0.862. The van der Waals surface area contributed by atoms with Crippen molar-refractivity contribution in [3.63, 3.8) is 0 Å². The first-order valence-electron chi connectivity index (χ1n) is 4.52. The van der Waals surface area contributed by atoms with Gasteiger partial charge in [-0.3, -0.25) is 4.98 Å². The van der Waals surface area contributed by atoms with Gasteiger partial charge in [-0.1, -0.05) is 0 Å². The Bertz CT molecular complexity index is 586. The van der Waals surface area contributed by atoms with Crippen molar-refractivity contribution >= 4 is 61.1 Å². The minimum absolute atomic E-state index is 0.469.